The highest BCUT2D eigenvalue weighted by Gasteiger charge is 2.59. The highest BCUT2D eigenvalue weighted by atomic mass is 32.2. The van der Waals surface area contributed by atoms with Gasteiger partial charge in [-0.05, 0) is 0 Å². The normalized spacial score (nSPS) is 37.6. The van der Waals surface area contributed by atoms with Crippen LogP contribution in [0, 0.1) is 11.8 Å². The van der Waals surface area contributed by atoms with E-state index >= 15 is 0 Å². The standard InChI is InChI=1S/C11H12F2O8S/c12-11(13,22(16,17)18)10(15)20-4-1-6-5-3-19-9(14)8(5)7(2-4)21-6/h4-8H,1-3H2,(H,16,17,18). The number of carbonyl (C=O) groups excluding carboxylic acids is 2. The van der Waals surface area contributed by atoms with Crippen molar-refractivity contribution in [2.24, 2.45) is 11.8 Å². The van der Waals surface area contributed by atoms with Crippen LogP contribution in [0.2, 0.25) is 0 Å². The number of cyclic esters (lactones) is 1. The molecular formula is C11H12F2O8S. The fourth-order valence-corrected chi connectivity index (χ4v) is 3.46. The summed E-state index contributed by atoms with van der Waals surface area (Å²) in [6, 6.07) is 0. The molecular weight excluding hydrogens is 330 g/mol. The molecule has 0 aliphatic carbocycles. The lowest BCUT2D eigenvalue weighted by atomic mass is 9.91. The molecule has 3 saturated heterocycles. The summed E-state index contributed by atoms with van der Waals surface area (Å²) in [7, 11) is -5.90. The Bertz CT molecular complexity index is 618. The third-order valence-corrected chi connectivity index (χ3v) is 5.02. The van der Waals surface area contributed by atoms with Gasteiger partial charge in [-0.25, -0.2) is 4.79 Å². The first kappa shape index (κ1) is 15.6. The Labute approximate surface area is 123 Å². The van der Waals surface area contributed by atoms with Crippen LogP contribution in [0.25, 0.3) is 0 Å². The van der Waals surface area contributed by atoms with Crippen molar-refractivity contribution in [3.8, 4) is 0 Å². The minimum Gasteiger partial charge on any atom is -0.465 e. The van der Waals surface area contributed by atoms with Crippen LogP contribution in [0.15, 0.2) is 0 Å². The van der Waals surface area contributed by atoms with Gasteiger partial charge in [-0.3, -0.25) is 9.35 Å². The van der Waals surface area contributed by atoms with E-state index in [9.17, 15) is 26.8 Å². The third-order valence-electron chi connectivity index (χ3n) is 4.20. The maximum absolute atomic E-state index is 13.2. The average molecular weight is 342 g/mol. The number of alkyl halides is 2. The molecule has 2 bridgehead atoms. The molecule has 8 nitrogen and oxygen atoms in total. The van der Waals surface area contributed by atoms with Gasteiger partial charge in [0.25, 0.3) is 0 Å². The third kappa shape index (κ3) is 2.27. The summed E-state index contributed by atoms with van der Waals surface area (Å²) in [5, 5.41) is -5.03. The lowest BCUT2D eigenvalue weighted by Gasteiger charge is -2.30. The van der Waals surface area contributed by atoms with Crippen molar-refractivity contribution in [3.05, 3.63) is 0 Å². The molecule has 0 aromatic carbocycles. The number of hydrogen-bond acceptors (Lipinski definition) is 7. The van der Waals surface area contributed by atoms with Crippen LogP contribution >= 0.6 is 0 Å². The number of esters is 2. The summed E-state index contributed by atoms with van der Waals surface area (Å²) >= 11 is 0. The number of rotatable bonds is 3. The van der Waals surface area contributed by atoms with Gasteiger partial charge in [-0.1, -0.05) is 0 Å². The van der Waals surface area contributed by atoms with E-state index in [4.69, 9.17) is 14.0 Å². The van der Waals surface area contributed by atoms with Gasteiger partial charge >= 0.3 is 27.3 Å². The topological polar surface area (TPSA) is 116 Å². The molecule has 124 valence electrons. The molecule has 0 spiro atoms. The maximum atomic E-state index is 13.2. The minimum absolute atomic E-state index is 0.0138. The van der Waals surface area contributed by atoms with Gasteiger partial charge in [0, 0.05) is 18.8 Å². The van der Waals surface area contributed by atoms with Crippen LogP contribution < -0.4 is 0 Å². The Morgan fingerprint density at radius 1 is 1.32 bits per heavy atom. The second-order valence-corrected chi connectivity index (χ2v) is 6.99. The van der Waals surface area contributed by atoms with E-state index in [2.05, 4.69) is 4.74 Å². The van der Waals surface area contributed by atoms with E-state index in [1.165, 1.54) is 0 Å². The Morgan fingerprint density at radius 2 is 1.95 bits per heavy atom. The predicted octanol–water partition coefficient (Wildman–Crippen LogP) is -0.271. The summed E-state index contributed by atoms with van der Waals surface area (Å²) in [5.41, 5.74) is 0. The van der Waals surface area contributed by atoms with Gasteiger partial charge in [0.05, 0.1) is 24.7 Å². The number of halogens is 2. The number of hydrogen-bond donors (Lipinski definition) is 1. The molecule has 0 amide bonds. The molecule has 0 aromatic rings. The molecule has 5 unspecified atom stereocenters. The van der Waals surface area contributed by atoms with Gasteiger partial charge in [0.1, 0.15) is 6.10 Å². The zero-order chi connectivity index (χ0) is 16.3. The fourth-order valence-electron chi connectivity index (χ4n) is 3.20. The smallest absolute Gasteiger partial charge is 0.465 e. The van der Waals surface area contributed by atoms with Gasteiger partial charge in [-0.15, -0.1) is 0 Å². The lowest BCUT2D eigenvalue weighted by Crippen LogP contribution is -2.43. The Morgan fingerprint density at radius 3 is 2.59 bits per heavy atom. The molecule has 22 heavy (non-hydrogen) atoms. The monoisotopic (exact) mass is 342 g/mol. The van der Waals surface area contributed by atoms with Crippen molar-refractivity contribution in [1.82, 2.24) is 0 Å². The van der Waals surface area contributed by atoms with Gasteiger partial charge in [0.2, 0.25) is 0 Å². The molecule has 3 fully saturated rings. The van der Waals surface area contributed by atoms with E-state index < -0.39 is 51.5 Å². The zero-order valence-corrected chi connectivity index (χ0v) is 11.8. The van der Waals surface area contributed by atoms with Crippen LogP contribution in [-0.4, -0.2) is 55.1 Å². The van der Waals surface area contributed by atoms with Crippen molar-refractivity contribution in [2.45, 2.75) is 36.4 Å². The maximum Gasteiger partial charge on any atom is 0.465 e. The number of ether oxygens (including phenoxy) is 3. The van der Waals surface area contributed by atoms with Crippen molar-refractivity contribution in [2.75, 3.05) is 6.61 Å². The Hall–Kier alpha value is -1.33. The van der Waals surface area contributed by atoms with Crippen molar-refractivity contribution < 1.29 is 45.6 Å². The zero-order valence-electron chi connectivity index (χ0n) is 11.0. The number of carbonyl (C=O) groups is 2. The van der Waals surface area contributed by atoms with Crippen LogP contribution in [0.5, 0.6) is 0 Å². The van der Waals surface area contributed by atoms with Crippen LogP contribution in [0.4, 0.5) is 8.78 Å². The summed E-state index contributed by atoms with van der Waals surface area (Å²) in [6.45, 7) is 0.159. The largest absolute Gasteiger partial charge is 0.465 e. The van der Waals surface area contributed by atoms with Gasteiger partial charge in [0.15, 0.2) is 0 Å². The molecule has 3 aliphatic rings. The van der Waals surface area contributed by atoms with Crippen LogP contribution in [-0.2, 0) is 33.9 Å². The molecule has 3 rings (SSSR count). The summed E-state index contributed by atoms with van der Waals surface area (Å²) in [6.07, 6.45) is -2.06. The van der Waals surface area contributed by atoms with Crippen LogP contribution in [0.3, 0.4) is 0 Å². The van der Waals surface area contributed by atoms with E-state index in [0.29, 0.717) is 0 Å². The van der Waals surface area contributed by atoms with Gasteiger partial charge < -0.3 is 14.2 Å². The second-order valence-electron chi connectivity index (χ2n) is 5.52. The van der Waals surface area contributed by atoms with E-state index in [0.717, 1.165) is 0 Å². The first-order valence-electron chi connectivity index (χ1n) is 6.49. The first-order chi connectivity index (χ1) is 10.1. The molecule has 0 aromatic heterocycles. The molecule has 1 N–H and O–H groups in total. The molecule has 3 aliphatic heterocycles. The summed E-state index contributed by atoms with van der Waals surface area (Å²) in [5.74, 6) is -3.51. The molecule has 5 atom stereocenters. The Kier molecular flexibility index (Phi) is 3.42. The predicted molar refractivity (Wildman–Crippen MR) is 62.2 cm³/mol. The lowest BCUT2D eigenvalue weighted by molar-refractivity contribution is -0.176. The van der Waals surface area contributed by atoms with Gasteiger partial charge in [-0.2, -0.15) is 17.2 Å². The van der Waals surface area contributed by atoms with Crippen molar-refractivity contribution in [3.63, 3.8) is 0 Å². The Balaban J connectivity index is 1.69. The SMILES string of the molecule is O=C1OCC2C3CC(OC(=O)C(F)(F)S(=O)(=O)O)CC(O3)C12. The highest BCUT2D eigenvalue weighted by molar-refractivity contribution is 7.87. The van der Waals surface area contributed by atoms with Crippen molar-refractivity contribution in [1.29, 1.82) is 0 Å². The molecule has 3 heterocycles. The molecule has 0 saturated carbocycles. The second kappa shape index (κ2) is 4.83. The summed E-state index contributed by atoms with van der Waals surface area (Å²) in [4.78, 5) is 22.9. The fraction of sp³-hybridized carbons (Fsp3) is 0.818. The summed E-state index contributed by atoms with van der Waals surface area (Å²) < 4.78 is 70.7. The van der Waals surface area contributed by atoms with E-state index in [1.54, 1.807) is 0 Å². The number of fused-ring (bicyclic) bond motifs is 5. The molecule has 11 heteroatoms. The first-order valence-corrected chi connectivity index (χ1v) is 7.93. The molecule has 0 radical (unpaired) electrons. The van der Waals surface area contributed by atoms with E-state index in [-0.39, 0.29) is 25.4 Å². The average Bonchev–Trinajstić information content (AvgIpc) is 2.89. The van der Waals surface area contributed by atoms with E-state index in [1.807, 2.05) is 0 Å². The van der Waals surface area contributed by atoms with Crippen LogP contribution in [0.1, 0.15) is 12.8 Å². The quantitative estimate of drug-likeness (QED) is 0.550. The highest BCUT2D eigenvalue weighted by Crippen LogP contribution is 2.46. The van der Waals surface area contributed by atoms with Crippen molar-refractivity contribution >= 4 is 22.1 Å². The minimum atomic E-state index is -5.90.